The number of hydrogen-bond donors (Lipinski definition) is 1. The molecule has 24 heavy (non-hydrogen) atoms. The van der Waals surface area contributed by atoms with Gasteiger partial charge in [0.2, 0.25) is 0 Å². The normalized spacial score (nSPS) is 23.1. The second kappa shape index (κ2) is 5.99. The molecule has 1 fully saturated rings. The van der Waals surface area contributed by atoms with Gasteiger partial charge in [0.05, 0.1) is 27.9 Å². The molecule has 1 aliphatic heterocycles. The summed E-state index contributed by atoms with van der Waals surface area (Å²) in [5, 5.41) is 19.0. The van der Waals surface area contributed by atoms with Crippen LogP contribution < -0.4 is 0 Å². The Morgan fingerprint density at radius 2 is 2.08 bits per heavy atom. The molecule has 0 radical (unpaired) electrons. The maximum Gasteiger partial charge on any atom is 0.277 e. The van der Waals surface area contributed by atoms with Crippen LogP contribution in [0.5, 0.6) is 0 Å². The standard InChI is InChI=1S/C14H11ClN2O4S3/c15-11-7-3-1-2-4-9(7)22-12(11)13-16-17-14(21-13)23-10-6-24(19,20)5-8(10)18/h1-4,8,10,18H,5-6H2/t8-,10+/m1/s1. The van der Waals surface area contributed by atoms with Crippen molar-refractivity contribution in [2.45, 2.75) is 16.6 Å². The van der Waals surface area contributed by atoms with Crippen molar-refractivity contribution in [2.24, 2.45) is 0 Å². The van der Waals surface area contributed by atoms with Crippen LogP contribution in [0.3, 0.4) is 0 Å². The molecule has 2 aromatic heterocycles. The first-order valence-electron chi connectivity index (χ1n) is 6.99. The molecule has 0 bridgehead atoms. The SMILES string of the molecule is O=S1(=O)C[C@@H](O)[C@@H](Sc2nnc(-c3sc4ccccc4c3Cl)o2)C1. The van der Waals surface area contributed by atoms with Crippen LogP contribution >= 0.6 is 34.7 Å². The second-order valence-electron chi connectivity index (χ2n) is 5.42. The number of thiophene rings is 1. The van der Waals surface area contributed by atoms with Gasteiger partial charge in [-0.3, -0.25) is 0 Å². The van der Waals surface area contributed by atoms with Crippen LogP contribution in [0.4, 0.5) is 0 Å². The molecule has 0 spiro atoms. The van der Waals surface area contributed by atoms with Crippen molar-refractivity contribution in [1.82, 2.24) is 10.2 Å². The Hall–Kier alpha value is -1.13. The van der Waals surface area contributed by atoms with E-state index in [2.05, 4.69) is 10.2 Å². The van der Waals surface area contributed by atoms with E-state index in [9.17, 15) is 13.5 Å². The topological polar surface area (TPSA) is 93.3 Å². The molecule has 1 aromatic carbocycles. The highest BCUT2D eigenvalue weighted by atomic mass is 35.5. The highest BCUT2D eigenvalue weighted by Gasteiger charge is 2.38. The number of rotatable bonds is 3. The van der Waals surface area contributed by atoms with E-state index in [0.29, 0.717) is 15.8 Å². The lowest BCUT2D eigenvalue weighted by atomic mass is 10.2. The van der Waals surface area contributed by atoms with Crippen molar-refractivity contribution in [3.05, 3.63) is 29.3 Å². The summed E-state index contributed by atoms with van der Waals surface area (Å²) in [4.78, 5) is 0.678. The summed E-state index contributed by atoms with van der Waals surface area (Å²) in [6.07, 6.45) is -0.928. The number of aromatic nitrogens is 2. The largest absolute Gasteiger partial charge is 0.410 e. The summed E-state index contributed by atoms with van der Waals surface area (Å²) in [6.45, 7) is 0. The Kier molecular flexibility index (Phi) is 4.08. The van der Waals surface area contributed by atoms with Gasteiger partial charge in [0.25, 0.3) is 11.1 Å². The average Bonchev–Trinajstić information content (AvgIpc) is 3.17. The van der Waals surface area contributed by atoms with Gasteiger partial charge in [0.1, 0.15) is 4.88 Å². The number of nitrogens with zero attached hydrogens (tertiary/aromatic N) is 2. The number of benzene rings is 1. The first-order chi connectivity index (χ1) is 11.4. The molecule has 0 amide bonds. The third-order valence-electron chi connectivity index (χ3n) is 3.66. The third-order valence-corrected chi connectivity index (χ3v) is 8.40. The summed E-state index contributed by atoms with van der Waals surface area (Å²) in [5.41, 5.74) is 0. The van der Waals surface area contributed by atoms with Crippen LogP contribution in [-0.4, -0.2) is 46.6 Å². The van der Waals surface area contributed by atoms with Gasteiger partial charge in [0, 0.05) is 10.1 Å². The van der Waals surface area contributed by atoms with Crippen molar-refractivity contribution in [3.8, 4) is 10.8 Å². The summed E-state index contributed by atoms with van der Waals surface area (Å²) in [5.74, 6) is -0.0346. The maximum absolute atomic E-state index is 11.6. The van der Waals surface area contributed by atoms with E-state index in [-0.39, 0.29) is 16.7 Å². The lowest BCUT2D eigenvalue weighted by Gasteiger charge is -2.07. The van der Waals surface area contributed by atoms with E-state index in [1.807, 2.05) is 24.3 Å². The van der Waals surface area contributed by atoms with Crippen LogP contribution in [0, 0.1) is 0 Å². The van der Waals surface area contributed by atoms with E-state index >= 15 is 0 Å². The molecule has 126 valence electrons. The van der Waals surface area contributed by atoms with Crippen LogP contribution in [0.25, 0.3) is 20.9 Å². The van der Waals surface area contributed by atoms with Gasteiger partial charge in [0.15, 0.2) is 9.84 Å². The number of hydrogen-bond acceptors (Lipinski definition) is 8. The number of aliphatic hydroxyl groups excluding tert-OH is 1. The molecule has 3 heterocycles. The number of halogens is 1. The molecular formula is C14H11ClN2O4S3. The highest BCUT2D eigenvalue weighted by Crippen LogP contribution is 2.42. The molecule has 2 atom stereocenters. The lowest BCUT2D eigenvalue weighted by Crippen LogP contribution is -2.19. The van der Waals surface area contributed by atoms with Crippen molar-refractivity contribution >= 4 is 54.6 Å². The third kappa shape index (κ3) is 2.95. The predicted molar refractivity (Wildman–Crippen MR) is 94.4 cm³/mol. The van der Waals surface area contributed by atoms with E-state index in [1.54, 1.807) is 0 Å². The fourth-order valence-electron chi connectivity index (χ4n) is 2.54. The van der Waals surface area contributed by atoms with Crippen molar-refractivity contribution in [2.75, 3.05) is 11.5 Å². The molecule has 1 N–H and O–H groups in total. The van der Waals surface area contributed by atoms with Crippen molar-refractivity contribution < 1.29 is 17.9 Å². The molecule has 4 rings (SSSR count). The lowest BCUT2D eigenvalue weighted by molar-refractivity contribution is 0.207. The van der Waals surface area contributed by atoms with Gasteiger partial charge in [-0.05, 0) is 6.07 Å². The molecular weight excluding hydrogens is 392 g/mol. The highest BCUT2D eigenvalue weighted by molar-refractivity contribution is 8.01. The first-order valence-corrected chi connectivity index (χ1v) is 10.9. The number of aliphatic hydroxyl groups is 1. The van der Waals surface area contributed by atoms with Crippen LogP contribution in [0.15, 0.2) is 33.9 Å². The average molecular weight is 403 g/mol. The second-order valence-corrected chi connectivity index (χ2v) is 10.2. The number of sulfone groups is 1. The maximum atomic E-state index is 11.6. The zero-order valence-electron chi connectivity index (χ0n) is 12.0. The van der Waals surface area contributed by atoms with E-state index < -0.39 is 21.2 Å². The Morgan fingerprint density at radius 1 is 1.29 bits per heavy atom. The fourth-order valence-corrected chi connectivity index (χ4v) is 7.33. The minimum absolute atomic E-state index is 0.0970. The molecule has 1 saturated heterocycles. The smallest absolute Gasteiger partial charge is 0.277 e. The molecule has 10 heteroatoms. The van der Waals surface area contributed by atoms with Gasteiger partial charge >= 0.3 is 0 Å². The number of thioether (sulfide) groups is 1. The van der Waals surface area contributed by atoms with Gasteiger partial charge in [-0.1, -0.05) is 41.6 Å². The Labute approximate surface area is 150 Å². The minimum atomic E-state index is -3.21. The Morgan fingerprint density at radius 3 is 2.79 bits per heavy atom. The van der Waals surface area contributed by atoms with Gasteiger partial charge in [-0.2, -0.15) is 0 Å². The molecule has 1 aliphatic rings. The van der Waals surface area contributed by atoms with Crippen LogP contribution in [0.2, 0.25) is 5.02 Å². The predicted octanol–water partition coefficient (Wildman–Crippen LogP) is 2.85. The molecule has 0 aliphatic carbocycles. The summed E-state index contributed by atoms with van der Waals surface area (Å²) >= 11 is 8.92. The van der Waals surface area contributed by atoms with Gasteiger partial charge < -0.3 is 9.52 Å². The van der Waals surface area contributed by atoms with Crippen molar-refractivity contribution in [3.63, 3.8) is 0 Å². The zero-order valence-corrected chi connectivity index (χ0v) is 15.3. The van der Waals surface area contributed by atoms with E-state index in [4.69, 9.17) is 16.0 Å². The summed E-state index contributed by atoms with van der Waals surface area (Å²) < 4.78 is 29.7. The quantitative estimate of drug-likeness (QED) is 0.719. The molecule has 6 nitrogen and oxygen atoms in total. The molecule has 0 unspecified atom stereocenters. The van der Waals surface area contributed by atoms with Gasteiger partial charge in [-0.25, -0.2) is 8.42 Å². The van der Waals surface area contributed by atoms with E-state index in [1.165, 1.54) is 11.3 Å². The summed E-state index contributed by atoms with van der Waals surface area (Å²) in [7, 11) is -3.21. The fraction of sp³-hybridized carbons (Fsp3) is 0.286. The summed E-state index contributed by atoms with van der Waals surface area (Å²) in [6, 6.07) is 7.71. The zero-order chi connectivity index (χ0) is 16.9. The van der Waals surface area contributed by atoms with Gasteiger partial charge in [-0.15, -0.1) is 21.5 Å². The van der Waals surface area contributed by atoms with E-state index in [0.717, 1.165) is 21.8 Å². The van der Waals surface area contributed by atoms with Crippen molar-refractivity contribution in [1.29, 1.82) is 0 Å². The Bertz CT molecular complexity index is 1010. The van der Waals surface area contributed by atoms with Crippen LogP contribution in [-0.2, 0) is 9.84 Å². The Balaban J connectivity index is 1.62. The first kappa shape index (κ1) is 16.3. The molecule has 0 saturated carbocycles. The molecule has 3 aromatic rings. The van der Waals surface area contributed by atoms with Crippen LogP contribution in [0.1, 0.15) is 0 Å². The monoisotopic (exact) mass is 402 g/mol. The minimum Gasteiger partial charge on any atom is -0.410 e. The number of fused-ring (bicyclic) bond motifs is 1.